The van der Waals surface area contributed by atoms with Crippen molar-refractivity contribution in [3.63, 3.8) is 0 Å². The van der Waals surface area contributed by atoms with Gasteiger partial charge in [-0.1, -0.05) is 12.1 Å². The van der Waals surface area contributed by atoms with Crippen molar-refractivity contribution in [3.8, 4) is 0 Å². The van der Waals surface area contributed by atoms with E-state index >= 15 is 0 Å². The highest BCUT2D eigenvalue weighted by atomic mass is 79.9. The number of aryl methyl sites for hydroxylation is 1. The quantitative estimate of drug-likeness (QED) is 0.899. The van der Waals surface area contributed by atoms with E-state index in [2.05, 4.69) is 21.2 Å². The van der Waals surface area contributed by atoms with E-state index in [0.29, 0.717) is 10.2 Å². The SMILES string of the molecule is Cc1cccc(NCC(O)C(F)(F)F)c1Br. The summed E-state index contributed by atoms with van der Waals surface area (Å²) in [6, 6.07) is 5.19. The molecule has 0 saturated heterocycles. The molecule has 6 heteroatoms. The van der Waals surface area contributed by atoms with Crippen molar-refractivity contribution in [2.75, 3.05) is 11.9 Å². The number of benzene rings is 1. The number of aliphatic hydroxyl groups is 1. The second kappa shape index (κ2) is 5.05. The lowest BCUT2D eigenvalue weighted by atomic mass is 10.2. The van der Waals surface area contributed by atoms with Crippen LogP contribution < -0.4 is 5.32 Å². The van der Waals surface area contributed by atoms with Gasteiger partial charge in [0.1, 0.15) is 0 Å². The lowest BCUT2D eigenvalue weighted by molar-refractivity contribution is -0.198. The Bertz CT molecular complexity index is 368. The Morgan fingerprint density at radius 1 is 1.44 bits per heavy atom. The highest BCUT2D eigenvalue weighted by molar-refractivity contribution is 9.10. The van der Waals surface area contributed by atoms with Crippen LogP contribution in [0.5, 0.6) is 0 Å². The maximum Gasteiger partial charge on any atom is 0.416 e. The third-order valence-corrected chi connectivity index (χ3v) is 3.11. The molecule has 0 heterocycles. The van der Waals surface area contributed by atoms with Gasteiger partial charge in [-0.2, -0.15) is 13.2 Å². The van der Waals surface area contributed by atoms with Gasteiger partial charge in [-0.15, -0.1) is 0 Å². The summed E-state index contributed by atoms with van der Waals surface area (Å²) in [5.74, 6) is 0. The zero-order chi connectivity index (χ0) is 12.3. The van der Waals surface area contributed by atoms with Crippen LogP contribution in [0.25, 0.3) is 0 Å². The molecule has 0 aromatic heterocycles. The van der Waals surface area contributed by atoms with Crippen molar-refractivity contribution in [1.29, 1.82) is 0 Å². The third kappa shape index (κ3) is 3.38. The van der Waals surface area contributed by atoms with Gasteiger partial charge in [0.2, 0.25) is 0 Å². The molecule has 2 nitrogen and oxygen atoms in total. The maximum atomic E-state index is 12.0. The van der Waals surface area contributed by atoms with Crippen molar-refractivity contribution in [1.82, 2.24) is 0 Å². The van der Waals surface area contributed by atoms with Crippen LogP contribution in [0.15, 0.2) is 22.7 Å². The first kappa shape index (κ1) is 13.3. The van der Waals surface area contributed by atoms with Gasteiger partial charge < -0.3 is 10.4 Å². The fourth-order valence-electron chi connectivity index (χ4n) is 1.11. The van der Waals surface area contributed by atoms with Crippen molar-refractivity contribution in [2.24, 2.45) is 0 Å². The van der Waals surface area contributed by atoms with Crippen LogP contribution in [-0.4, -0.2) is 23.9 Å². The molecule has 0 bridgehead atoms. The molecule has 0 aliphatic carbocycles. The van der Waals surface area contributed by atoms with Crippen molar-refractivity contribution >= 4 is 21.6 Å². The third-order valence-electron chi connectivity index (χ3n) is 2.06. The minimum absolute atomic E-state index is 0.531. The lowest BCUT2D eigenvalue weighted by Crippen LogP contribution is -2.35. The van der Waals surface area contributed by atoms with E-state index in [9.17, 15) is 13.2 Å². The van der Waals surface area contributed by atoms with Gasteiger partial charge >= 0.3 is 6.18 Å². The average Bonchev–Trinajstić information content (AvgIpc) is 2.18. The van der Waals surface area contributed by atoms with Crippen LogP contribution in [-0.2, 0) is 0 Å². The molecular weight excluding hydrogens is 287 g/mol. The number of nitrogens with one attached hydrogen (secondary N) is 1. The van der Waals surface area contributed by atoms with Crippen LogP contribution in [0.4, 0.5) is 18.9 Å². The summed E-state index contributed by atoms with van der Waals surface area (Å²) in [4.78, 5) is 0. The Balaban J connectivity index is 2.65. The number of halogens is 4. The number of alkyl halides is 3. The number of anilines is 1. The highest BCUT2D eigenvalue weighted by Gasteiger charge is 2.37. The monoisotopic (exact) mass is 297 g/mol. The Kier molecular flexibility index (Phi) is 4.21. The fourth-order valence-corrected chi connectivity index (χ4v) is 1.51. The Morgan fingerprint density at radius 3 is 2.62 bits per heavy atom. The first-order valence-electron chi connectivity index (χ1n) is 4.56. The predicted molar refractivity (Wildman–Crippen MR) is 59.4 cm³/mol. The molecule has 16 heavy (non-hydrogen) atoms. The van der Waals surface area contributed by atoms with Crippen molar-refractivity contribution < 1.29 is 18.3 Å². The van der Waals surface area contributed by atoms with Crippen LogP contribution >= 0.6 is 15.9 Å². The van der Waals surface area contributed by atoms with Crippen molar-refractivity contribution in [2.45, 2.75) is 19.2 Å². The Labute approximate surface area is 99.6 Å². The van der Waals surface area contributed by atoms with Gasteiger partial charge in [-0.05, 0) is 34.5 Å². The molecule has 90 valence electrons. The normalized spacial score (nSPS) is 13.6. The number of rotatable bonds is 3. The smallest absolute Gasteiger partial charge is 0.382 e. The summed E-state index contributed by atoms with van der Waals surface area (Å²) in [7, 11) is 0. The van der Waals surface area contributed by atoms with Crippen LogP contribution in [0, 0.1) is 6.92 Å². The molecule has 0 aliphatic heterocycles. The molecule has 0 amide bonds. The van der Waals surface area contributed by atoms with Gasteiger partial charge in [0, 0.05) is 16.7 Å². The summed E-state index contributed by atoms with van der Waals surface area (Å²) >= 11 is 3.26. The highest BCUT2D eigenvalue weighted by Crippen LogP contribution is 2.26. The first-order valence-corrected chi connectivity index (χ1v) is 5.35. The number of hydrogen-bond acceptors (Lipinski definition) is 2. The van der Waals surface area contributed by atoms with E-state index in [1.165, 1.54) is 0 Å². The van der Waals surface area contributed by atoms with Crippen LogP contribution in [0.1, 0.15) is 5.56 Å². The molecule has 1 atom stereocenters. The van der Waals surface area contributed by atoms with E-state index in [4.69, 9.17) is 5.11 Å². The van der Waals surface area contributed by atoms with Crippen LogP contribution in [0.3, 0.4) is 0 Å². The second-order valence-electron chi connectivity index (χ2n) is 3.37. The molecule has 1 aromatic rings. The Hall–Kier alpha value is -0.750. The maximum absolute atomic E-state index is 12.0. The topological polar surface area (TPSA) is 32.3 Å². The molecule has 1 rings (SSSR count). The summed E-state index contributed by atoms with van der Waals surface area (Å²) in [6.45, 7) is 1.26. The van der Waals surface area contributed by atoms with Gasteiger partial charge in [-0.3, -0.25) is 0 Å². The van der Waals surface area contributed by atoms with Gasteiger partial charge in [0.25, 0.3) is 0 Å². The zero-order valence-corrected chi connectivity index (χ0v) is 10.1. The van der Waals surface area contributed by atoms with Gasteiger partial charge in [0.15, 0.2) is 6.10 Å². The van der Waals surface area contributed by atoms with E-state index in [1.807, 2.05) is 13.0 Å². The molecule has 0 radical (unpaired) electrons. The Morgan fingerprint density at radius 2 is 2.06 bits per heavy atom. The number of hydrogen-bond donors (Lipinski definition) is 2. The largest absolute Gasteiger partial charge is 0.416 e. The standard InChI is InChI=1S/C10H11BrF3NO/c1-6-3-2-4-7(9(6)11)15-5-8(16)10(12,13)14/h2-4,8,15-16H,5H2,1H3. The second-order valence-corrected chi connectivity index (χ2v) is 4.17. The summed E-state index contributed by atoms with van der Waals surface area (Å²) in [6.07, 6.45) is -6.96. The summed E-state index contributed by atoms with van der Waals surface area (Å²) in [5, 5.41) is 11.3. The van der Waals surface area contributed by atoms with Crippen LogP contribution in [0.2, 0.25) is 0 Å². The zero-order valence-electron chi connectivity index (χ0n) is 8.48. The number of aliphatic hydroxyl groups excluding tert-OH is 1. The summed E-state index contributed by atoms with van der Waals surface area (Å²) < 4.78 is 36.8. The molecule has 0 aliphatic rings. The minimum Gasteiger partial charge on any atom is -0.382 e. The van der Waals surface area contributed by atoms with Crippen molar-refractivity contribution in [3.05, 3.63) is 28.2 Å². The molecule has 2 N–H and O–H groups in total. The first-order chi connectivity index (χ1) is 7.32. The van der Waals surface area contributed by atoms with E-state index in [-0.39, 0.29) is 0 Å². The minimum atomic E-state index is -4.59. The summed E-state index contributed by atoms with van der Waals surface area (Å²) in [5.41, 5.74) is 1.44. The predicted octanol–water partition coefficient (Wildman–Crippen LogP) is 3.09. The average molecular weight is 298 g/mol. The van der Waals surface area contributed by atoms with Gasteiger partial charge in [-0.25, -0.2) is 0 Å². The van der Waals surface area contributed by atoms with Gasteiger partial charge in [0.05, 0.1) is 0 Å². The molecule has 1 aromatic carbocycles. The molecule has 0 saturated carbocycles. The molecule has 0 spiro atoms. The molecule has 0 fully saturated rings. The van der Waals surface area contributed by atoms with E-state index < -0.39 is 18.8 Å². The molecule has 1 unspecified atom stereocenters. The molecular formula is C10H11BrF3NO. The van der Waals surface area contributed by atoms with E-state index in [0.717, 1.165) is 5.56 Å². The fraction of sp³-hybridized carbons (Fsp3) is 0.400. The lowest BCUT2D eigenvalue weighted by Gasteiger charge is -2.16. The van der Waals surface area contributed by atoms with E-state index in [1.54, 1.807) is 12.1 Å².